The first kappa shape index (κ1) is 26.6. The summed E-state index contributed by atoms with van der Waals surface area (Å²) < 4.78 is 24.2. The molecule has 2 atom stereocenters. The van der Waals surface area contributed by atoms with Gasteiger partial charge in [0.1, 0.15) is 11.8 Å². The van der Waals surface area contributed by atoms with Crippen LogP contribution in [0.4, 0.5) is 11.4 Å². The van der Waals surface area contributed by atoms with Gasteiger partial charge in [-0.2, -0.15) is 0 Å². The highest BCUT2D eigenvalue weighted by Gasteiger charge is 2.59. The lowest BCUT2D eigenvalue weighted by atomic mass is 9.76. The number of primary sulfonamides is 1. The number of rotatable bonds is 5. The molecule has 2 aliphatic heterocycles. The number of carbonyl (C=O) groups is 3. The molecule has 0 unspecified atom stereocenters. The predicted octanol–water partition coefficient (Wildman–Crippen LogP) is 2.79. The molecule has 1 saturated heterocycles. The van der Waals surface area contributed by atoms with Gasteiger partial charge in [-0.3, -0.25) is 23.7 Å². The Kier molecular flexibility index (Phi) is 6.55. The molecule has 2 aromatic carbocycles. The molecule has 3 heterocycles. The summed E-state index contributed by atoms with van der Waals surface area (Å²) >= 11 is 8.04. The molecule has 0 aliphatic carbocycles. The van der Waals surface area contributed by atoms with Gasteiger partial charge in [0, 0.05) is 21.0 Å². The van der Waals surface area contributed by atoms with Gasteiger partial charge >= 0.3 is 4.87 Å². The van der Waals surface area contributed by atoms with Crippen molar-refractivity contribution in [2.45, 2.75) is 41.0 Å². The molecule has 3 aromatic rings. The number of hydrogen-bond acceptors (Lipinski definition) is 8. The number of anilines is 2. The lowest BCUT2D eigenvalue weighted by Gasteiger charge is -2.36. The van der Waals surface area contributed by atoms with Crippen molar-refractivity contribution in [2.24, 2.45) is 11.1 Å². The van der Waals surface area contributed by atoms with Gasteiger partial charge in [0.25, 0.3) is 0 Å². The topological polar surface area (TPSA) is 149 Å². The Morgan fingerprint density at radius 2 is 1.68 bits per heavy atom. The van der Waals surface area contributed by atoms with Crippen molar-refractivity contribution >= 4 is 73.8 Å². The predicted molar refractivity (Wildman–Crippen MR) is 145 cm³/mol. The van der Waals surface area contributed by atoms with Crippen LogP contribution in [0.15, 0.2) is 63.2 Å². The van der Waals surface area contributed by atoms with Gasteiger partial charge in [-0.15, -0.1) is 0 Å². The van der Waals surface area contributed by atoms with E-state index in [1.807, 2.05) is 13.8 Å². The van der Waals surface area contributed by atoms with Crippen molar-refractivity contribution in [1.29, 1.82) is 0 Å². The Labute approximate surface area is 230 Å². The van der Waals surface area contributed by atoms with Crippen LogP contribution >= 0.6 is 34.7 Å². The fraction of sp³-hybridized carbons (Fsp3) is 0.250. The molecule has 0 bridgehead atoms. The molecular formula is C24H21ClN4O6S3. The molecule has 0 spiro atoms. The maximum absolute atomic E-state index is 13.5. The average molecular weight is 593 g/mol. The molecule has 1 aromatic heterocycles. The number of aromatic nitrogens is 1. The summed E-state index contributed by atoms with van der Waals surface area (Å²) in [5, 5.41) is 7.91. The fourth-order valence-electron chi connectivity index (χ4n) is 4.68. The summed E-state index contributed by atoms with van der Waals surface area (Å²) in [5.74, 6) is -1.96. The van der Waals surface area contributed by atoms with Crippen molar-refractivity contribution < 1.29 is 22.8 Å². The van der Waals surface area contributed by atoms with Gasteiger partial charge in [-0.25, -0.2) is 18.5 Å². The lowest BCUT2D eigenvalue weighted by molar-refractivity contribution is -0.123. The highest BCUT2D eigenvalue weighted by Crippen LogP contribution is 2.54. The summed E-state index contributed by atoms with van der Waals surface area (Å²) in [6.07, 6.45) is 0. The fourth-order valence-corrected chi connectivity index (χ4v) is 8.36. The van der Waals surface area contributed by atoms with Gasteiger partial charge < -0.3 is 5.32 Å². The highest BCUT2D eigenvalue weighted by molar-refractivity contribution is 8.00. The van der Waals surface area contributed by atoms with Crippen LogP contribution in [0.2, 0.25) is 5.02 Å². The lowest BCUT2D eigenvalue weighted by Crippen LogP contribution is -2.41. The van der Waals surface area contributed by atoms with Crippen molar-refractivity contribution in [2.75, 3.05) is 10.2 Å². The van der Waals surface area contributed by atoms with E-state index >= 15 is 0 Å². The molecule has 38 heavy (non-hydrogen) atoms. The van der Waals surface area contributed by atoms with Crippen LogP contribution in [0, 0.1) is 5.92 Å². The number of nitrogens with one attached hydrogen (secondary N) is 1. The third-order valence-corrected chi connectivity index (χ3v) is 10.6. The summed E-state index contributed by atoms with van der Waals surface area (Å²) in [5.41, 5.74) is -0.0968. The van der Waals surface area contributed by atoms with Crippen LogP contribution < -0.4 is 20.2 Å². The summed E-state index contributed by atoms with van der Waals surface area (Å²) in [4.78, 5) is 54.0. The van der Waals surface area contributed by atoms with E-state index in [2.05, 4.69) is 5.32 Å². The van der Waals surface area contributed by atoms with Gasteiger partial charge in [-0.1, -0.05) is 48.5 Å². The number of imide groups is 1. The number of thioether (sulfide) groups is 1. The molecule has 14 heteroatoms. The van der Waals surface area contributed by atoms with Crippen LogP contribution in [0.1, 0.15) is 18.7 Å². The number of amides is 3. The molecule has 2 aliphatic rings. The van der Waals surface area contributed by atoms with Gasteiger partial charge in [0.15, 0.2) is 0 Å². The Balaban J connectivity index is 1.42. The van der Waals surface area contributed by atoms with E-state index in [1.54, 1.807) is 24.3 Å². The number of fused-ring (bicyclic) bond motifs is 2. The molecule has 1 fully saturated rings. The molecule has 0 saturated carbocycles. The van der Waals surface area contributed by atoms with Crippen LogP contribution in [0.5, 0.6) is 0 Å². The van der Waals surface area contributed by atoms with Crippen LogP contribution in [-0.4, -0.2) is 36.0 Å². The Morgan fingerprint density at radius 1 is 1.05 bits per heavy atom. The number of hydrogen-bond donors (Lipinski definition) is 2. The van der Waals surface area contributed by atoms with Crippen molar-refractivity contribution in [1.82, 2.24) is 4.57 Å². The van der Waals surface area contributed by atoms with Crippen LogP contribution in [-0.2, 0) is 36.4 Å². The van der Waals surface area contributed by atoms with Crippen molar-refractivity contribution in [3.05, 3.63) is 68.1 Å². The molecule has 10 nitrogen and oxygen atoms in total. The quantitative estimate of drug-likeness (QED) is 0.433. The smallest absolute Gasteiger partial charge is 0.308 e. The van der Waals surface area contributed by atoms with E-state index in [0.29, 0.717) is 26.3 Å². The minimum atomic E-state index is -3.88. The van der Waals surface area contributed by atoms with Crippen molar-refractivity contribution in [3.8, 4) is 0 Å². The molecule has 198 valence electrons. The normalized spacial score (nSPS) is 20.3. The Hall–Kier alpha value is -2.97. The van der Waals surface area contributed by atoms with E-state index in [9.17, 15) is 27.6 Å². The minimum absolute atomic E-state index is 0.102. The number of carbonyl (C=O) groups excluding carboxylic acids is 3. The molecule has 3 N–H and O–H groups in total. The molecule has 3 amide bonds. The number of nitrogens with two attached hydrogens (primary N) is 1. The standard InChI is InChI=1S/C24H21ClN4O6S3/c1-24(2)17-18(21(32)29(20(17)31)14-7-3-12(25)4-8-14)36-22-19(24)37-23(33)28(22)11-16(30)27-13-5-9-15(10-6-13)38(26,34)35/h3-10,17-18H,11H2,1-2H3,(H,27,30)(H2,26,34,35)/t17-,18+/m1/s1. The second-order valence-corrected chi connectivity index (χ2v) is 13.5. The van der Waals surface area contributed by atoms with Gasteiger partial charge in [0.05, 0.1) is 21.5 Å². The summed E-state index contributed by atoms with van der Waals surface area (Å²) in [7, 11) is -3.88. The van der Waals surface area contributed by atoms with Gasteiger partial charge in [0.2, 0.25) is 27.7 Å². The summed E-state index contributed by atoms with van der Waals surface area (Å²) in [6.45, 7) is 3.32. The zero-order chi connectivity index (χ0) is 27.6. The SMILES string of the molecule is CC1(C)c2sc(=O)n(CC(=O)Nc3ccc(S(N)(=O)=O)cc3)c2S[C@@H]2C(=O)N(c3ccc(Cl)cc3)C(=O)[C@@H]21. The maximum Gasteiger partial charge on any atom is 0.308 e. The monoisotopic (exact) mass is 592 g/mol. The Bertz CT molecular complexity index is 1650. The van der Waals surface area contributed by atoms with E-state index in [4.69, 9.17) is 16.7 Å². The van der Waals surface area contributed by atoms with Crippen LogP contribution in [0.3, 0.4) is 0 Å². The number of halogens is 1. The number of benzene rings is 2. The maximum atomic E-state index is 13.5. The second-order valence-electron chi connectivity index (χ2n) is 9.43. The zero-order valence-corrected chi connectivity index (χ0v) is 23.2. The van der Waals surface area contributed by atoms with Gasteiger partial charge in [-0.05, 0) is 48.5 Å². The Morgan fingerprint density at radius 3 is 2.29 bits per heavy atom. The van der Waals surface area contributed by atoms with Crippen molar-refractivity contribution in [3.63, 3.8) is 0 Å². The molecule has 0 radical (unpaired) electrons. The minimum Gasteiger partial charge on any atom is -0.325 e. The van der Waals surface area contributed by atoms with E-state index < -0.39 is 38.4 Å². The summed E-state index contributed by atoms with van der Waals surface area (Å²) in [6, 6.07) is 11.7. The first-order valence-electron chi connectivity index (χ1n) is 11.3. The number of sulfonamides is 1. The third-order valence-electron chi connectivity index (χ3n) is 6.56. The number of nitrogens with zero attached hydrogens (tertiary/aromatic N) is 2. The molecule has 5 rings (SSSR count). The van der Waals surface area contributed by atoms with Crippen LogP contribution in [0.25, 0.3) is 0 Å². The third kappa shape index (κ3) is 4.47. The average Bonchev–Trinajstić information content (AvgIpc) is 3.28. The van der Waals surface area contributed by atoms with E-state index in [1.165, 1.54) is 28.8 Å². The highest BCUT2D eigenvalue weighted by atomic mass is 35.5. The van der Waals surface area contributed by atoms with E-state index in [0.717, 1.165) is 28.0 Å². The first-order chi connectivity index (χ1) is 17.8. The second kappa shape index (κ2) is 9.35. The number of thiazole rings is 1. The first-order valence-corrected chi connectivity index (χ1v) is 14.9. The van der Waals surface area contributed by atoms with E-state index in [-0.39, 0.29) is 22.2 Å². The molecular weight excluding hydrogens is 572 g/mol. The zero-order valence-electron chi connectivity index (χ0n) is 20.0. The largest absolute Gasteiger partial charge is 0.325 e.